The van der Waals surface area contributed by atoms with E-state index in [1.807, 2.05) is 36.4 Å². The number of carbonyl (C=O) groups is 1. The molecule has 3 rings (SSSR count). The zero-order valence-electron chi connectivity index (χ0n) is 16.5. The fourth-order valence-corrected chi connectivity index (χ4v) is 4.63. The summed E-state index contributed by atoms with van der Waals surface area (Å²) in [4.78, 5) is 14.8. The Morgan fingerprint density at radius 1 is 1.17 bits per heavy atom. The number of carbonyl (C=O) groups excluding carboxylic acids is 1. The van der Waals surface area contributed by atoms with Gasteiger partial charge >= 0.3 is 0 Å². The van der Waals surface area contributed by atoms with Gasteiger partial charge < -0.3 is 9.64 Å². The largest absolute Gasteiger partial charge is 0.488 e. The van der Waals surface area contributed by atoms with Crippen molar-refractivity contribution in [1.29, 1.82) is 0 Å². The summed E-state index contributed by atoms with van der Waals surface area (Å²) >= 11 is 3.45. The molecule has 0 unspecified atom stereocenters. The Kier molecular flexibility index (Phi) is 6.97. The number of rotatable bonds is 6. The van der Waals surface area contributed by atoms with Gasteiger partial charge in [-0.05, 0) is 42.7 Å². The number of amides is 1. The normalized spacial score (nSPS) is 15.5. The van der Waals surface area contributed by atoms with Gasteiger partial charge in [-0.25, -0.2) is 12.7 Å². The van der Waals surface area contributed by atoms with E-state index in [1.54, 1.807) is 24.1 Å². The van der Waals surface area contributed by atoms with Crippen LogP contribution in [0.3, 0.4) is 0 Å². The third-order valence-corrected chi connectivity index (χ3v) is 7.03. The number of halogens is 1. The molecule has 8 heteroatoms. The standard InChI is InChI=1S/C21H25BrN2O4S/c1-23(29(2,26)27)18-10-12-24(13-11-18)21(25)19-8-3-4-9-20(19)28-15-16-6-5-7-17(22)14-16/h3-9,14,18H,10-13,15H2,1-2H3. The number of likely N-dealkylation sites (tertiary alicyclic amines) is 1. The highest BCUT2D eigenvalue weighted by Gasteiger charge is 2.30. The van der Waals surface area contributed by atoms with Crippen LogP contribution in [-0.4, -0.2) is 56.0 Å². The van der Waals surface area contributed by atoms with E-state index in [4.69, 9.17) is 4.74 Å². The molecule has 1 heterocycles. The smallest absolute Gasteiger partial charge is 0.257 e. The van der Waals surface area contributed by atoms with Crippen LogP contribution in [0.4, 0.5) is 0 Å². The van der Waals surface area contributed by atoms with Gasteiger partial charge in [-0.15, -0.1) is 0 Å². The average Bonchev–Trinajstić information content (AvgIpc) is 2.71. The first kappa shape index (κ1) is 21.8. The molecule has 0 spiro atoms. The molecule has 0 bridgehead atoms. The lowest BCUT2D eigenvalue weighted by molar-refractivity contribution is 0.0681. The van der Waals surface area contributed by atoms with Gasteiger partial charge in [0.15, 0.2) is 0 Å². The van der Waals surface area contributed by atoms with Crippen molar-refractivity contribution in [3.8, 4) is 5.75 Å². The minimum atomic E-state index is -3.23. The average molecular weight is 481 g/mol. The maximum absolute atomic E-state index is 13.1. The van der Waals surface area contributed by atoms with Crippen molar-refractivity contribution in [2.45, 2.75) is 25.5 Å². The predicted molar refractivity (Wildman–Crippen MR) is 116 cm³/mol. The molecule has 0 N–H and O–H groups in total. The number of sulfonamides is 1. The summed E-state index contributed by atoms with van der Waals surface area (Å²) < 4.78 is 31.8. The van der Waals surface area contributed by atoms with Gasteiger partial charge in [0.2, 0.25) is 10.0 Å². The molecule has 1 amide bonds. The van der Waals surface area contributed by atoms with Crippen molar-refractivity contribution < 1.29 is 17.9 Å². The summed E-state index contributed by atoms with van der Waals surface area (Å²) in [5, 5.41) is 0. The number of hydrogen-bond donors (Lipinski definition) is 0. The Labute approximate surface area is 180 Å². The predicted octanol–water partition coefficient (Wildman–Crippen LogP) is 3.52. The van der Waals surface area contributed by atoms with Crippen LogP contribution in [0.2, 0.25) is 0 Å². The Morgan fingerprint density at radius 2 is 1.86 bits per heavy atom. The first-order valence-electron chi connectivity index (χ1n) is 9.44. The summed E-state index contributed by atoms with van der Waals surface area (Å²) in [6, 6.07) is 15.0. The maximum Gasteiger partial charge on any atom is 0.257 e. The van der Waals surface area contributed by atoms with Gasteiger partial charge in [-0.1, -0.05) is 40.2 Å². The van der Waals surface area contributed by atoms with Crippen LogP contribution in [0, 0.1) is 0 Å². The van der Waals surface area contributed by atoms with Crippen LogP contribution in [-0.2, 0) is 16.6 Å². The van der Waals surface area contributed by atoms with Crippen molar-refractivity contribution in [3.63, 3.8) is 0 Å². The van der Waals surface area contributed by atoms with E-state index in [2.05, 4.69) is 15.9 Å². The second-order valence-electron chi connectivity index (χ2n) is 7.22. The Bertz CT molecular complexity index is 972. The highest BCUT2D eigenvalue weighted by molar-refractivity contribution is 9.10. The highest BCUT2D eigenvalue weighted by atomic mass is 79.9. The van der Waals surface area contributed by atoms with Gasteiger partial charge in [0.25, 0.3) is 5.91 Å². The van der Waals surface area contributed by atoms with Gasteiger partial charge in [-0.3, -0.25) is 4.79 Å². The van der Waals surface area contributed by atoms with Gasteiger partial charge in [-0.2, -0.15) is 0 Å². The highest BCUT2D eigenvalue weighted by Crippen LogP contribution is 2.25. The van der Waals surface area contributed by atoms with Crippen LogP contribution in [0.1, 0.15) is 28.8 Å². The summed E-state index contributed by atoms with van der Waals surface area (Å²) in [5.74, 6) is 0.461. The first-order chi connectivity index (χ1) is 13.8. The number of hydrogen-bond acceptors (Lipinski definition) is 4. The van der Waals surface area contributed by atoms with Crippen molar-refractivity contribution in [1.82, 2.24) is 9.21 Å². The molecule has 1 fully saturated rings. The number of piperidine rings is 1. The molecule has 1 aliphatic heterocycles. The van der Waals surface area contributed by atoms with Crippen molar-refractivity contribution in [3.05, 3.63) is 64.1 Å². The zero-order chi connectivity index (χ0) is 21.0. The second kappa shape index (κ2) is 9.28. The van der Waals surface area contributed by atoms with Gasteiger partial charge in [0, 0.05) is 30.7 Å². The molecule has 0 radical (unpaired) electrons. The molecule has 0 saturated carbocycles. The molecule has 1 aliphatic rings. The third kappa shape index (κ3) is 5.58. The third-order valence-electron chi connectivity index (χ3n) is 5.19. The Morgan fingerprint density at radius 3 is 2.52 bits per heavy atom. The van der Waals surface area contributed by atoms with E-state index < -0.39 is 10.0 Å². The van der Waals surface area contributed by atoms with Crippen LogP contribution >= 0.6 is 15.9 Å². The fourth-order valence-electron chi connectivity index (χ4n) is 3.43. The molecule has 2 aromatic carbocycles. The lowest BCUT2D eigenvalue weighted by Crippen LogP contribution is -2.47. The molecule has 29 heavy (non-hydrogen) atoms. The molecule has 6 nitrogen and oxygen atoms in total. The lowest BCUT2D eigenvalue weighted by atomic mass is 10.0. The van der Waals surface area contributed by atoms with E-state index in [1.165, 1.54) is 10.6 Å². The van der Waals surface area contributed by atoms with E-state index in [0.717, 1.165) is 10.0 Å². The van der Waals surface area contributed by atoms with E-state index in [0.29, 0.717) is 43.9 Å². The molecular weight excluding hydrogens is 456 g/mol. The number of ether oxygens (including phenoxy) is 1. The Hall–Kier alpha value is -1.90. The molecular formula is C21H25BrN2O4S. The van der Waals surface area contributed by atoms with Crippen LogP contribution < -0.4 is 4.74 Å². The number of benzene rings is 2. The second-order valence-corrected chi connectivity index (χ2v) is 10.2. The molecule has 1 saturated heterocycles. The van der Waals surface area contributed by atoms with Gasteiger partial charge in [0.1, 0.15) is 12.4 Å². The lowest BCUT2D eigenvalue weighted by Gasteiger charge is -2.35. The zero-order valence-corrected chi connectivity index (χ0v) is 18.9. The molecule has 0 aliphatic carbocycles. The minimum Gasteiger partial charge on any atom is -0.488 e. The minimum absolute atomic E-state index is 0.0722. The van der Waals surface area contributed by atoms with Crippen molar-refractivity contribution >= 4 is 31.9 Å². The van der Waals surface area contributed by atoms with Crippen LogP contribution in [0.25, 0.3) is 0 Å². The van der Waals surface area contributed by atoms with E-state index >= 15 is 0 Å². The summed E-state index contributed by atoms with van der Waals surface area (Å²) in [6.07, 6.45) is 2.45. The van der Waals surface area contributed by atoms with Crippen LogP contribution in [0.15, 0.2) is 53.0 Å². The first-order valence-corrected chi connectivity index (χ1v) is 12.1. The SMILES string of the molecule is CN(C1CCN(C(=O)c2ccccc2OCc2cccc(Br)c2)CC1)S(C)(=O)=O. The molecule has 156 valence electrons. The summed E-state index contributed by atoms with van der Waals surface area (Å²) in [5.41, 5.74) is 1.53. The number of nitrogens with zero attached hydrogens (tertiary/aromatic N) is 2. The molecule has 0 aromatic heterocycles. The topological polar surface area (TPSA) is 66.9 Å². The fraction of sp³-hybridized carbons (Fsp3) is 0.381. The molecule has 2 aromatic rings. The maximum atomic E-state index is 13.1. The quantitative estimate of drug-likeness (QED) is 0.634. The summed E-state index contributed by atoms with van der Waals surface area (Å²) in [6.45, 7) is 1.40. The molecule has 0 atom stereocenters. The van der Waals surface area contributed by atoms with Crippen LogP contribution in [0.5, 0.6) is 5.75 Å². The summed E-state index contributed by atoms with van der Waals surface area (Å²) in [7, 11) is -1.63. The van der Waals surface area contributed by atoms with Crippen molar-refractivity contribution in [2.24, 2.45) is 0 Å². The van der Waals surface area contributed by atoms with Crippen molar-refractivity contribution in [2.75, 3.05) is 26.4 Å². The van der Waals surface area contributed by atoms with Gasteiger partial charge in [0.05, 0.1) is 11.8 Å². The Balaban J connectivity index is 1.66. The van der Waals surface area contributed by atoms with E-state index in [9.17, 15) is 13.2 Å². The monoisotopic (exact) mass is 480 g/mol. The van der Waals surface area contributed by atoms with E-state index in [-0.39, 0.29) is 11.9 Å². The number of para-hydroxylation sites is 1.